The minimum absolute atomic E-state index is 0.0315. The Balaban J connectivity index is 2.10. The van der Waals surface area contributed by atoms with Gasteiger partial charge in [0.2, 0.25) is 0 Å². The highest BCUT2D eigenvalue weighted by Gasteiger charge is 2.12. The summed E-state index contributed by atoms with van der Waals surface area (Å²) < 4.78 is 3.25. The van der Waals surface area contributed by atoms with Crippen molar-refractivity contribution in [3.8, 4) is 0 Å². The summed E-state index contributed by atoms with van der Waals surface area (Å²) >= 11 is 5.13. The van der Waals surface area contributed by atoms with E-state index < -0.39 is 0 Å². The minimum atomic E-state index is 0.0315. The van der Waals surface area contributed by atoms with Crippen LogP contribution < -0.4 is 5.73 Å². The number of aromatic nitrogens is 2. The van der Waals surface area contributed by atoms with Gasteiger partial charge in [0.1, 0.15) is 5.82 Å². The molecule has 0 amide bonds. The predicted molar refractivity (Wildman–Crippen MR) is 70.6 cm³/mol. The van der Waals surface area contributed by atoms with Gasteiger partial charge in [-0.2, -0.15) is 0 Å². The van der Waals surface area contributed by atoms with Crippen LogP contribution in [-0.2, 0) is 13.0 Å². The number of rotatable bonds is 4. The zero-order valence-electron chi connectivity index (χ0n) is 9.06. The van der Waals surface area contributed by atoms with Gasteiger partial charge >= 0.3 is 0 Å². The van der Waals surface area contributed by atoms with E-state index in [-0.39, 0.29) is 6.04 Å². The maximum absolute atomic E-state index is 6.16. The van der Waals surface area contributed by atoms with Crippen LogP contribution in [0.3, 0.4) is 0 Å². The van der Waals surface area contributed by atoms with Crippen molar-refractivity contribution in [2.45, 2.75) is 25.9 Å². The van der Waals surface area contributed by atoms with Crippen molar-refractivity contribution in [1.29, 1.82) is 0 Å². The number of nitrogens with two attached hydrogens (primary N) is 1. The van der Waals surface area contributed by atoms with Crippen LogP contribution in [-0.4, -0.2) is 9.55 Å². The average molecular weight is 300 g/mol. The van der Waals surface area contributed by atoms with Crippen LogP contribution in [0.5, 0.6) is 0 Å². The van der Waals surface area contributed by atoms with E-state index in [1.165, 1.54) is 4.88 Å². The number of hydrogen-bond donors (Lipinski definition) is 1. The lowest BCUT2D eigenvalue weighted by Gasteiger charge is -2.10. The van der Waals surface area contributed by atoms with Gasteiger partial charge in [-0.3, -0.25) is 0 Å². The molecule has 2 rings (SSSR count). The summed E-state index contributed by atoms with van der Waals surface area (Å²) in [6, 6.07) is 4.13. The molecule has 1 unspecified atom stereocenters. The summed E-state index contributed by atoms with van der Waals surface area (Å²) in [5.41, 5.74) is 6.16. The molecule has 0 saturated carbocycles. The summed E-state index contributed by atoms with van der Waals surface area (Å²) in [6.45, 7) is 3.05. The molecule has 86 valence electrons. The molecular weight excluding hydrogens is 286 g/mol. The van der Waals surface area contributed by atoms with Crippen LogP contribution in [0.25, 0.3) is 0 Å². The van der Waals surface area contributed by atoms with E-state index in [1.54, 1.807) is 11.3 Å². The Hall–Kier alpha value is -0.650. The minimum Gasteiger partial charge on any atom is -0.335 e. The van der Waals surface area contributed by atoms with Crippen LogP contribution in [0.1, 0.15) is 23.7 Å². The van der Waals surface area contributed by atoms with Crippen molar-refractivity contribution < 1.29 is 0 Å². The molecule has 2 aromatic rings. The molecule has 0 fully saturated rings. The van der Waals surface area contributed by atoms with Crippen LogP contribution in [0, 0.1) is 0 Å². The second kappa shape index (κ2) is 5.12. The van der Waals surface area contributed by atoms with Gasteiger partial charge in [0.05, 0.1) is 3.79 Å². The Labute approximate surface area is 107 Å². The third kappa shape index (κ3) is 2.53. The van der Waals surface area contributed by atoms with Gasteiger partial charge in [-0.1, -0.05) is 0 Å². The number of halogens is 1. The first-order chi connectivity index (χ1) is 7.70. The molecule has 0 spiro atoms. The van der Waals surface area contributed by atoms with Gasteiger partial charge < -0.3 is 10.3 Å². The smallest absolute Gasteiger partial charge is 0.110 e. The van der Waals surface area contributed by atoms with Crippen molar-refractivity contribution in [3.63, 3.8) is 0 Å². The monoisotopic (exact) mass is 299 g/mol. The Morgan fingerprint density at radius 3 is 3.00 bits per heavy atom. The summed E-state index contributed by atoms with van der Waals surface area (Å²) in [6.07, 6.45) is 4.61. The Morgan fingerprint density at radius 1 is 1.56 bits per heavy atom. The molecule has 0 aliphatic heterocycles. The summed E-state index contributed by atoms with van der Waals surface area (Å²) in [4.78, 5) is 5.53. The Bertz CT molecular complexity index is 463. The molecule has 0 radical (unpaired) electrons. The maximum Gasteiger partial charge on any atom is 0.110 e. The fraction of sp³-hybridized carbons (Fsp3) is 0.364. The summed E-state index contributed by atoms with van der Waals surface area (Å²) in [5, 5.41) is 0. The van der Waals surface area contributed by atoms with Crippen LogP contribution in [0.15, 0.2) is 28.3 Å². The molecule has 2 heterocycles. The van der Waals surface area contributed by atoms with Crippen molar-refractivity contribution in [2.75, 3.05) is 0 Å². The molecular formula is C11H14BrN3S. The molecule has 0 saturated heterocycles. The molecule has 0 bridgehead atoms. The number of thiophene rings is 1. The van der Waals surface area contributed by atoms with E-state index in [9.17, 15) is 0 Å². The van der Waals surface area contributed by atoms with E-state index in [0.717, 1.165) is 22.6 Å². The van der Waals surface area contributed by atoms with Crippen LogP contribution >= 0.6 is 27.3 Å². The highest BCUT2D eigenvalue weighted by Crippen LogP contribution is 2.27. The third-order valence-electron chi connectivity index (χ3n) is 2.50. The SMILES string of the molecule is CCn1ccnc1CC(N)c1ccc(Br)s1. The zero-order chi connectivity index (χ0) is 11.5. The summed E-state index contributed by atoms with van der Waals surface area (Å²) in [7, 11) is 0. The number of aryl methyl sites for hydroxylation is 1. The van der Waals surface area contributed by atoms with E-state index in [1.807, 2.05) is 18.5 Å². The predicted octanol–water partition coefficient (Wildman–Crippen LogP) is 2.97. The first-order valence-electron chi connectivity index (χ1n) is 5.21. The quantitative estimate of drug-likeness (QED) is 0.943. The number of imidazole rings is 1. The normalized spacial score (nSPS) is 12.9. The molecule has 5 heteroatoms. The Morgan fingerprint density at radius 2 is 2.38 bits per heavy atom. The highest BCUT2D eigenvalue weighted by molar-refractivity contribution is 9.11. The maximum atomic E-state index is 6.16. The van der Waals surface area contributed by atoms with E-state index >= 15 is 0 Å². The average Bonchev–Trinajstić information content (AvgIpc) is 2.86. The van der Waals surface area contributed by atoms with Gasteiger partial charge in [0, 0.05) is 36.3 Å². The second-order valence-corrected chi connectivity index (χ2v) is 6.08. The van der Waals surface area contributed by atoms with E-state index in [2.05, 4.69) is 38.5 Å². The van der Waals surface area contributed by atoms with E-state index in [4.69, 9.17) is 5.73 Å². The van der Waals surface area contributed by atoms with Gasteiger partial charge in [0.15, 0.2) is 0 Å². The van der Waals surface area contributed by atoms with Crippen LogP contribution in [0.4, 0.5) is 0 Å². The molecule has 16 heavy (non-hydrogen) atoms. The van der Waals surface area contributed by atoms with Gasteiger partial charge in [-0.25, -0.2) is 4.98 Å². The van der Waals surface area contributed by atoms with E-state index in [0.29, 0.717) is 0 Å². The molecule has 0 aliphatic carbocycles. The molecule has 2 N–H and O–H groups in total. The standard InChI is InChI=1S/C11H14BrN3S/c1-2-15-6-5-14-11(15)7-8(13)9-3-4-10(12)16-9/h3-6,8H,2,7,13H2,1H3. The third-order valence-corrected chi connectivity index (χ3v) is 4.26. The molecule has 1 atom stereocenters. The van der Waals surface area contributed by atoms with Gasteiger partial charge in [-0.15, -0.1) is 11.3 Å². The van der Waals surface area contributed by atoms with Gasteiger partial charge in [0.25, 0.3) is 0 Å². The first-order valence-corrected chi connectivity index (χ1v) is 6.82. The molecule has 0 aliphatic rings. The Kier molecular flexibility index (Phi) is 3.78. The van der Waals surface area contributed by atoms with Crippen molar-refractivity contribution >= 4 is 27.3 Å². The fourth-order valence-corrected chi connectivity index (χ4v) is 3.07. The van der Waals surface area contributed by atoms with Crippen LogP contribution in [0.2, 0.25) is 0 Å². The fourth-order valence-electron chi connectivity index (χ4n) is 1.64. The highest BCUT2D eigenvalue weighted by atomic mass is 79.9. The lowest BCUT2D eigenvalue weighted by atomic mass is 10.2. The topological polar surface area (TPSA) is 43.8 Å². The first kappa shape index (κ1) is 11.8. The lowest BCUT2D eigenvalue weighted by Crippen LogP contribution is -2.15. The van der Waals surface area contributed by atoms with Crippen molar-refractivity contribution in [3.05, 3.63) is 39.0 Å². The number of hydrogen-bond acceptors (Lipinski definition) is 3. The van der Waals surface area contributed by atoms with Crippen molar-refractivity contribution in [1.82, 2.24) is 9.55 Å². The molecule has 0 aromatic carbocycles. The molecule has 2 aromatic heterocycles. The zero-order valence-corrected chi connectivity index (χ0v) is 11.5. The summed E-state index contributed by atoms with van der Waals surface area (Å²) in [5.74, 6) is 1.06. The van der Waals surface area contributed by atoms with Gasteiger partial charge in [-0.05, 0) is 35.0 Å². The largest absolute Gasteiger partial charge is 0.335 e. The number of nitrogens with zero attached hydrogens (tertiary/aromatic N) is 2. The second-order valence-electron chi connectivity index (χ2n) is 3.58. The molecule has 3 nitrogen and oxygen atoms in total. The van der Waals surface area contributed by atoms with Crippen molar-refractivity contribution in [2.24, 2.45) is 5.73 Å². The lowest BCUT2D eigenvalue weighted by molar-refractivity contribution is 0.634.